The van der Waals surface area contributed by atoms with Crippen LogP contribution in [0.25, 0.3) is 0 Å². The summed E-state index contributed by atoms with van der Waals surface area (Å²) < 4.78 is 0.0313. The molecular formula is C6H7N5O2S. The molecule has 8 heteroatoms. The topological polar surface area (TPSA) is 110 Å². The molecular weight excluding hydrogens is 206 g/mol. The van der Waals surface area contributed by atoms with Crippen LogP contribution >= 0.6 is 12.2 Å². The Balaban J connectivity index is 0.000000165. The van der Waals surface area contributed by atoms with Crippen molar-refractivity contribution in [2.24, 2.45) is 0 Å². The largest absolute Gasteiger partial charge is 0.351 e. The van der Waals surface area contributed by atoms with Crippen molar-refractivity contribution in [2.45, 2.75) is 0 Å². The molecule has 0 aliphatic carbocycles. The molecule has 0 radical (unpaired) electrons. The zero-order valence-corrected chi connectivity index (χ0v) is 7.72. The van der Waals surface area contributed by atoms with E-state index in [0.29, 0.717) is 0 Å². The van der Waals surface area contributed by atoms with Crippen LogP contribution in [0.2, 0.25) is 0 Å². The molecule has 0 saturated heterocycles. The number of rotatable bonds is 0. The first-order chi connectivity index (χ1) is 6.68. The second kappa shape index (κ2) is 4.92. The van der Waals surface area contributed by atoms with Crippen LogP contribution in [0.4, 0.5) is 0 Å². The Bertz CT molecular complexity index is 426. The minimum absolute atomic E-state index is 0.0313. The summed E-state index contributed by atoms with van der Waals surface area (Å²) in [5.74, 6) is 0. The number of imidazole rings is 1. The molecule has 0 aliphatic rings. The van der Waals surface area contributed by atoms with Crippen LogP contribution in [0.15, 0.2) is 28.3 Å². The molecule has 0 unspecified atom stereocenters. The highest BCUT2D eigenvalue weighted by Gasteiger charge is 1.82. The van der Waals surface area contributed by atoms with Gasteiger partial charge >= 0.3 is 11.4 Å². The third kappa shape index (κ3) is 3.63. The lowest BCUT2D eigenvalue weighted by atomic mass is 11.0. The van der Waals surface area contributed by atoms with Crippen LogP contribution in [-0.2, 0) is 0 Å². The van der Waals surface area contributed by atoms with E-state index in [-0.39, 0.29) is 4.77 Å². The number of aromatic nitrogens is 5. The maximum absolute atomic E-state index is 10.3. The van der Waals surface area contributed by atoms with Gasteiger partial charge in [-0.05, 0) is 12.2 Å². The van der Waals surface area contributed by atoms with Crippen molar-refractivity contribution in [3.8, 4) is 0 Å². The molecule has 0 aromatic carbocycles. The molecule has 2 rings (SSSR count). The fourth-order valence-corrected chi connectivity index (χ4v) is 0.804. The van der Waals surface area contributed by atoms with Crippen molar-refractivity contribution in [1.29, 1.82) is 0 Å². The Kier molecular flexibility index (Phi) is 3.56. The Labute approximate surface area is 82.3 Å². The number of hydrogen-bond donors (Lipinski definition) is 4. The fourth-order valence-electron chi connectivity index (χ4n) is 0.618. The summed E-state index contributed by atoms with van der Waals surface area (Å²) in [5, 5.41) is 0. The zero-order valence-electron chi connectivity index (χ0n) is 6.90. The molecule has 0 spiro atoms. The average Bonchev–Trinajstić information content (AvgIpc) is 2.56. The standard InChI is InChI=1S/C3H3N3O2S.C3H4N2/c7-1-4-2(8)6-3(9)5-1;1-2-5-3-4-1/h(H3,4,5,6,7,8,9);1-3H,(H,4,5). The van der Waals surface area contributed by atoms with Gasteiger partial charge < -0.3 is 4.98 Å². The quantitative estimate of drug-likeness (QED) is 0.443. The lowest BCUT2D eigenvalue weighted by Gasteiger charge is -1.79. The normalized spacial score (nSPS) is 8.86. The van der Waals surface area contributed by atoms with E-state index in [2.05, 4.69) is 32.2 Å². The maximum atomic E-state index is 10.3. The van der Waals surface area contributed by atoms with Gasteiger partial charge in [0, 0.05) is 12.4 Å². The number of hydrogen-bond acceptors (Lipinski definition) is 4. The van der Waals surface area contributed by atoms with Crippen LogP contribution in [0.5, 0.6) is 0 Å². The van der Waals surface area contributed by atoms with Gasteiger partial charge in [0.1, 0.15) is 0 Å². The molecule has 2 heterocycles. The summed E-state index contributed by atoms with van der Waals surface area (Å²) in [6, 6.07) is 0. The smallest absolute Gasteiger partial charge is 0.329 e. The van der Waals surface area contributed by atoms with Crippen LogP contribution in [0, 0.1) is 4.77 Å². The van der Waals surface area contributed by atoms with Crippen molar-refractivity contribution >= 4 is 12.2 Å². The number of H-pyrrole nitrogens is 4. The molecule has 74 valence electrons. The molecule has 0 fully saturated rings. The Hall–Kier alpha value is -1.96. The molecule has 0 amide bonds. The highest BCUT2D eigenvalue weighted by molar-refractivity contribution is 7.71. The number of aromatic amines is 4. The number of nitrogens with zero attached hydrogens (tertiary/aromatic N) is 1. The predicted molar refractivity (Wildman–Crippen MR) is 51.5 cm³/mol. The lowest BCUT2D eigenvalue weighted by Crippen LogP contribution is -2.24. The maximum Gasteiger partial charge on any atom is 0.329 e. The van der Waals surface area contributed by atoms with Gasteiger partial charge in [-0.1, -0.05) is 0 Å². The molecule has 7 nitrogen and oxygen atoms in total. The fraction of sp³-hybridized carbons (Fsp3) is 0. The van der Waals surface area contributed by atoms with Crippen LogP contribution in [-0.4, -0.2) is 24.9 Å². The summed E-state index contributed by atoms with van der Waals surface area (Å²) in [6.45, 7) is 0. The van der Waals surface area contributed by atoms with E-state index >= 15 is 0 Å². The Morgan fingerprint density at radius 2 is 1.79 bits per heavy atom. The van der Waals surface area contributed by atoms with E-state index in [9.17, 15) is 9.59 Å². The molecule has 0 aliphatic heterocycles. The lowest BCUT2D eigenvalue weighted by molar-refractivity contribution is 0.916. The van der Waals surface area contributed by atoms with E-state index < -0.39 is 11.4 Å². The van der Waals surface area contributed by atoms with Crippen LogP contribution < -0.4 is 11.4 Å². The van der Waals surface area contributed by atoms with E-state index in [1.54, 1.807) is 18.7 Å². The van der Waals surface area contributed by atoms with E-state index in [1.165, 1.54) is 0 Å². The van der Waals surface area contributed by atoms with E-state index in [1.807, 2.05) is 4.98 Å². The highest BCUT2D eigenvalue weighted by Crippen LogP contribution is 1.62. The van der Waals surface area contributed by atoms with Gasteiger partial charge in [0.25, 0.3) is 0 Å². The Morgan fingerprint density at radius 3 is 2.07 bits per heavy atom. The summed E-state index contributed by atoms with van der Waals surface area (Å²) in [6.07, 6.45) is 5.08. The van der Waals surface area contributed by atoms with Gasteiger partial charge in [-0.15, -0.1) is 0 Å². The highest BCUT2D eigenvalue weighted by atomic mass is 32.1. The van der Waals surface area contributed by atoms with Gasteiger partial charge in [0.2, 0.25) is 0 Å². The molecule has 14 heavy (non-hydrogen) atoms. The summed E-state index contributed by atoms with van der Waals surface area (Å²) >= 11 is 4.46. The molecule has 0 atom stereocenters. The van der Waals surface area contributed by atoms with Gasteiger partial charge in [-0.25, -0.2) is 14.6 Å². The van der Waals surface area contributed by atoms with Crippen molar-refractivity contribution < 1.29 is 0 Å². The van der Waals surface area contributed by atoms with Crippen LogP contribution in [0.1, 0.15) is 0 Å². The molecule has 2 aromatic heterocycles. The van der Waals surface area contributed by atoms with Gasteiger partial charge in [0.15, 0.2) is 4.77 Å². The first-order valence-corrected chi connectivity index (χ1v) is 3.95. The SMILES string of the molecule is O=c1[nH]c(=O)[nH]c(=S)[nH]1.c1c[nH]cn1. The predicted octanol–water partition coefficient (Wildman–Crippen LogP) is -0.470. The van der Waals surface area contributed by atoms with Crippen molar-refractivity contribution in [3.63, 3.8) is 0 Å². The number of nitrogens with one attached hydrogen (secondary N) is 4. The van der Waals surface area contributed by atoms with Gasteiger partial charge in [-0.2, -0.15) is 0 Å². The van der Waals surface area contributed by atoms with E-state index in [0.717, 1.165) is 0 Å². The molecule has 0 saturated carbocycles. The first-order valence-electron chi connectivity index (χ1n) is 3.54. The average molecular weight is 213 g/mol. The summed E-state index contributed by atoms with van der Waals surface area (Å²) in [7, 11) is 0. The van der Waals surface area contributed by atoms with Crippen LogP contribution in [0.3, 0.4) is 0 Å². The Morgan fingerprint density at radius 1 is 1.14 bits per heavy atom. The van der Waals surface area contributed by atoms with Gasteiger partial charge in [-0.3, -0.25) is 15.0 Å². The zero-order chi connectivity index (χ0) is 10.4. The van der Waals surface area contributed by atoms with Gasteiger partial charge in [0.05, 0.1) is 6.33 Å². The van der Waals surface area contributed by atoms with Crippen molar-refractivity contribution in [3.05, 3.63) is 44.5 Å². The minimum atomic E-state index is -0.594. The second-order valence-corrected chi connectivity index (χ2v) is 2.53. The summed E-state index contributed by atoms with van der Waals surface area (Å²) in [5.41, 5.74) is -1.19. The van der Waals surface area contributed by atoms with Crippen molar-refractivity contribution in [2.75, 3.05) is 0 Å². The second-order valence-electron chi connectivity index (χ2n) is 2.12. The minimum Gasteiger partial charge on any atom is -0.351 e. The summed E-state index contributed by atoms with van der Waals surface area (Å²) in [4.78, 5) is 33.3. The molecule has 0 bridgehead atoms. The third-order valence-corrected chi connectivity index (χ3v) is 1.29. The molecule has 2 aromatic rings. The van der Waals surface area contributed by atoms with Crippen molar-refractivity contribution in [1.82, 2.24) is 24.9 Å². The third-order valence-electron chi connectivity index (χ3n) is 1.09. The monoisotopic (exact) mass is 213 g/mol. The first kappa shape index (κ1) is 10.1. The molecule has 4 N–H and O–H groups in total. The van der Waals surface area contributed by atoms with E-state index in [4.69, 9.17) is 0 Å².